The van der Waals surface area contributed by atoms with Gasteiger partial charge in [-0.05, 0) is 67.1 Å². The fraction of sp³-hybridized carbons (Fsp3) is 0.306. The molecule has 2 aliphatic heterocycles. The van der Waals surface area contributed by atoms with Gasteiger partial charge in [0.2, 0.25) is 5.69 Å². The number of hydrogen-bond acceptors (Lipinski definition) is 1. The molecule has 6 rings (SSSR count). The molecule has 4 aromatic rings. The molecule has 4 aromatic carbocycles. The second-order valence-electron chi connectivity index (χ2n) is 11.8. The van der Waals surface area contributed by atoms with Gasteiger partial charge >= 0.3 is 0 Å². The molecule has 0 radical (unpaired) electrons. The van der Waals surface area contributed by atoms with E-state index in [0.29, 0.717) is 0 Å². The first-order valence-corrected chi connectivity index (χ1v) is 14.2. The monoisotopic (exact) mass is 499 g/mol. The van der Waals surface area contributed by atoms with Gasteiger partial charge in [0.25, 0.3) is 0 Å². The van der Waals surface area contributed by atoms with Crippen LogP contribution in [0.3, 0.4) is 0 Å². The van der Waals surface area contributed by atoms with Crippen LogP contribution in [0, 0.1) is 0 Å². The standard InChI is InChI=1S/C36H39N2/c1-7-24-38-30-23-21-25-14-9-11-16-27(25)33(30)36(5,6)32(38)19-13-18-31-35(3,4)29-22-20-26-15-10-12-17-28(26)34(29)37(31)8-2/h9-23H,7-8,24H2,1-6H3/q+1. The van der Waals surface area contributed by atoms with Crippen LogP contribution in [0.15, 0.2) is 96.7 Å². The molecule has 0 fully saturated rings. The lowest BCUT2D eigenvalue weighted by atomic mass is 9.80. The highest BCUT2D eigenvalue weighted by atomic mass is 15.2. The van der Waals surface area contributed by atoms with Crippen LogP contribution in [-0.2, 0) is 10.8 Å². The van der Waals surface area contributed by atoms with Crippen LogP contribution in [0.1, 0.15) is 59.1 Å². The molecule has 0 N–H and O–H groups in total. The molecule has 0 spiro atoms. The van der Waals surface area contributed by atoms with E-state index in [1.165, 1.54) is 55.5 Å². The zero-order valence-electron chi connectivity index (χ0n) is 23.7. The molecule has 0 saturated heterocycles. The van der Waals surface area contributed by atoms with Crippen molar-refractivity contribution < 1.29 is 4.58 Å². The quantitative estimate of drug-likeness (QED) is 0.248. The Kier molecular flexibility index (Phi) is 5.83. The summed E-state index contributed by atoms with van der Waals surface area (Å²) in [4.78, 5) is 2.55. The Balaban J connectivity index is 1.47. The number of allylic oxidation sites excluding steroid dienone is 4. The molecule has 2 heterocycles. The first kappa shape index (κ1) is 24.7. The molecule has 2 heteroatoms. The molecule has 0 atom stereocenters. The average Bonchev–Trinajstić information content (AvgIpc) is 3.28. The van der Waals surface area contributed by atoms with Crippen molar-refractivity contribution in [3.63, 3.8) is 0 Å². The van der Waals surface area contributed by atoms with Crippen molar-refractivity contribution in [2.75, 3.05) is 18.0 Å². The smallest absolute Gasteiger partial charge is 0.217 e. The van der Waals surface area contributed by atoms with Crippen molar-refractivity contribution in [3.05, 3.63) is 108 Å². The van der Waals surface area contributed by atoms with Crippen molar-refractivity contribution in [1.82, 2.24) is 0 Å². The zero-order valence-corrected chi connectivity index (χ0v) is 23.7. The Morgan fingerprint density at radius 2 is 1.42 bits per heavy atom. The predicted molar refractivity (Wildman–Crippen MR) is 164 cm³/mol. The minimum atomic E-state index is -0.0742. The lowest BCUT2D eigenvalue weighted by Crippen LogP contribution is -2.28. The van der Waals surface area contributed by atoms with Crippen LogP contribution in [0.25, 0.3) is 21.5 Å². The van der Waals surface area contributed by atoms with E-state index in [2.05, 4.69) is 142 Å². The minimum absolute atomic E-state index is 0.0577. The van der Waals surface area contributed by atoms with Crippen molar-refractivity contribution in [2.45, 2.75) is 58.8 Å². The molecule has 38 heavy (non-hydrogen) atoms. The summed E-state index contributed by atoms with van der Waals surface area (Å²) in [7, 11) is 0. The van der Waals surface area contributed by atoms with E-state index in [1.54, 1.807) is 0 Å². The lowest BCUT2D eigenvalue weighted by Gasteiger charge is -2.26. The van der Waals surface area contributed by atoms with Crippen LogP contribution in [0.5, 0.6) is 0 Å². The van der Waals surface area contributed by atoms with Crippen molar-refractivity contribution in [1.29, 1.82) is 0 Å². The summed E-state index contributed by atoms with van der Waals surface area (Å²) in [6, 6.07) is 26.8. The van der Waals surface area contributed by atoms with E-state index < -0.39 is 0 Å². The summed E-state index contributed by atoms with van der Waals surface area (Å²) < 4.78 is 2.53. The zero-order chi connectivity index (χ0) is 26.7. The number of benzene rings is 4. The van der Waals surface area contributed by atoms with Gasteiger partial charge in [0, 0.05) is 35.0 Å². The molecule has 192 valence electrons. The van der Waals surface area contributed by atoms with Crippen LogP contribution in [-0.4, -0.2) is 23.4 Å². The maximum Gasteiger partial charge on any atom is 0.217 e. The Morgan fingerprint density at radius 3 is 2.13 bits per heavy atom. The van der Waals surface area contributed by atoms with Crippen LogP contribution in [0.4, 0.5) is 11.4 Å². The lowest BCUT2D eigenvalue weighted by molar-refractivity contribution is -0.431. The maximum absolute atomic E-state index is 2.55. The van der Waals surface area contributed by atoms with E-state index in [-0.39, 0.29) is 10.8 Å². The third-order valence-electron chi connectivity index (χ3n) is 8.80. The largest absolute Gasteiger partial charge is 0.344 e. The highest BCUT2D eigenvalue weighted by Gasteiger charge is 2.45. The van der Waals surface area contributed by atoms with Gasteiger partial charge in [-0.25, -0.2) is 0 Å². The highest BCUT2D eigenvalue weighted by Crippen LogP contribution is 2.51. The number of nitrogens with zero attached hydrogens (tertiary/aromatic N) is 2. The number of fused-ring (bicyclic) bond motifs is 6. The highest BCUT2D eigenvalue weighted by molar-refractivity contribution is 6.07. The topological polar surface area (TPSA) is 6.25 Å². The molecule has 2 nitrogen and oxygen atoms in total. The van der Waals surface area contributed by atoms with Gasteiger partial charge in [-0.15, -0.1) is 0 Å². The third kappa shape index (κ3) is 3.50. The molecule has 0 saturated carbocycles. The molecular weight excluding hydrogens is 460 g/mol. The van der Waals surface area contributed by atoms with Gasteiger partial charge in [0.1, 0.15) is 6.54 Å². The van der Waals surface area contributed by atoms with Crippen LogP contribution >= 0.6 is 0 Å². The summed E-state index contributed by atoms with van der Waals surface area (Å²) in [6.07, 6.45) is 8.16. The van der Waals surface area contributed by atoms with E-state index in [9.17, 15) is 0 Å². The summed E-state index contributed by atoms with van der Waals surface area (Å²) in [5, 5.41) is 5.34. The van der Waals surface area contributed by atoms with Gasteiger partial charge < -0.3 is 4.90 Å². The predicted octanol–water partition coefficient (Wildman–Crippen LogP) is 9.04. The van der Waals surface area contributed by atoms with Crippen molar-refractivity contribution >= 4 is 38.6 Å². The number of anilines is 1. The van der Waals surface area contributed by atoms with E-state index in [4.69, 9.17) is 0 Å². The molecule has 0 aliphatic carbocycles. The van der Waals surface area contributed by atoms with Gasteiger partial charge in [0.15, 0.2) is 5.71 Å². The molecule has 0 bridgehead atoms. The Labute approximate surface area is 227 Å². The van der Waals surface area contributed by atoms with Gasteiger partial charge in [-0.1, -0.05) is 87.5 Å². The van der Waals surface area contributed by atoms with Crippen molar-refractivity contribution in [3.8, 4) is 0 Å². The fourth-order valence-corrected chi connectivity index (χ4v) is 7.00. The average molecular weight is 500 g/mol. The minimum Gasteiger partial charge on any atom is -0.344 e. The first-order chi connectivity index (χ1) is 18.3. The van der Waals surface area contributed by atoms with E-state index in [0.717, 1.165) is 19.5 Å². The van der Waals surface area contributed by atoms with E-state index >= 15 is 0 Å². The summed E-state index contributed by atoms with van der Waals surface area (Å²) in [5.74, 6) is 0. The summed E-state index contributed by atoms with van der Waals surface area (Å²) in [6.45, 7) is 16.0. The molecule has 0 unspecified atom stereocenters. The molecule has 2 aliphatic rings. The number of rotatable bonds is 5. The van der Waals surface area contributed by atoms with Gasteiger partial charge in [0.05, 0.1) is 10.8 Å². The fourth-order valence-electron chi connectivity index (χ4n) is 7.00. The third-order valence-corrected chi connectivity index (χ3v) is 8.80. The van der Waals surface area contributed by atoms with Crippen LogP contribution in [0.2, 0.25) is 0 Å². The Bertz CT molecular complexity index is 1660. The van der Waals surface area contributed by atoms with Crippen LogP contribution < -0.4 is 4.90 Å². The second kappa shape index (κ2) is 8.98. The van der Waals surface area contributed by atoms with E-state index in [1.807, 2.05) is 0 Å². The second-order valence-corrected chi connectivity index (χ2v) is 11.8. The normalized spacial score (nSPS) is 18.8. The molecule has 0 aromatic heterocycles. The maximum atomic E-state index is 2.55. The first-order valence-electron chi connectivity index (χ1n) is 14.2. The Morgan fingerprint density at radius 1 is 0.763 bits per heavy atom. The molecular formula is C36H39N2+. The summed E-state index contributed by atoms with van der Waals surface area (Å²) in [5.41, 5.74) is 8.21. The SMILES string of the molecule is CCCN1C(=CC=CC2=[N+](CC)c3c(ccc4ccccc34)C2(C)C)C(C)(C)c2c1ccc1ccccc21. The number of hydrogen-bond donors (Lipinski definition) is 0. The molecule has 0 amide bonds. The summed E-state index contributed by atoms with van der Waals surface area (Å²) >= 11 is 0. The van der Waals surface area contributed by atoms with Gasteiger partial charge in [-0.3, -0.25) is 0 Å². The Hall–Kier alpha value is -3.65. The van der Waals surface area contributed by atoms with Crippen molar-refractivity contribution in [2.24, 2.45) is 0 Å². The van der Waals surface area contributed by atoms with Gasteiger partial charge in [-0.2, -0.15) is 4.58 Å².